The molecule has 0 aliphatic carbocycles. The van der Waals surface area contributed by atoms with Crippen molar-refractivity contribution in [1.82, 2.24) is 9.88 Å². The smallest absolute Gasteiger partial charge is 0.383 e. The molecule has 1 aromatic heterocycles. The van der Waals surface area contributed by atoms with Gasteiger partial charge >= 0.3 is 6.18 Å². The molecule has 1 aromatic carbocycles. The quantitative estimate of drug-likeness (QED) is 0.768. The van der Waals surface area contributed by atoms with Gasteiger partial charge in [0.15, 0.2) is 11.8 Å². The average molecular weight is 434 g/mol. The Balaban J connectivity index is 1.90. The van der Waals surface area contributed by atoms with Gasteiger partial charge in [0.2, 0.25) is 0 Å². The van der Waals surface area contributed by atoms with E-state index in [0.29, 0.717) is 24.4 Å². The second kappa shape index (κ2) is 8.01. The number of alkyl halides is 3. The van der Waals surface area contributed by atoms with Crippen LogP contribution in [-0.4, -0.2) is 49.2 Å². The number of hydrogen-bond acceptors (Lipinski definition) is 7. The van der Waals surface area contributed by atoms with Crippen molar-refractivity contribution in [2.24, 2.45) is 16.5 Å². The predicted octanol–water partition coefficient (Wildman–Crippen LogP) is 3.23. The van der Waals surface area contributed by atoms with Crippen LogP contribution >= 0.6 is 0 Å². The number of rotatable bonds is 4. The monoisotopic (exact) mass is 434 g/mol. The largest absolute Gasteiger partial charge is 0.417 e. The third kappa shape index (κ3) is 3.81. The number of aliphatic imine (C=N–C) groups is 1. The number of hydrogen-bond donors (Lipinski definition) is 2. The van der Waals surface area contributed by atoms with E-state index in [1.54, 1.807) is 37.3 Å². The zero-order valence-electron chi connectivity index (χ0n) is 17.4. The molecule has 4 rings (SSSR count). The van der Waals surface area contributed by atoms with E-state index in [1.807, 2.05) is 4.90 Å². The summed E-state index contributed by atoms with van der Waals surface area (Å²) in [7, 11) is 3.29. The lowest BCUT2D eigenvalue weighted by atomic mass is 9.98. The molecule has 166 valence electrons. The third-order valence-corrected chi connectivity index (χ3v) is 5.87. The van der Waals surface area contributed by atoms with Crippen LogP contribution < -0.4 is 16.4 Å². The molecule has 0 spiro atoms. The lowest BCUT2D eigenvalue weighted by molar-refractivity contribution is -0.137. The van der Waals surface area contributed by atoms with E-state index in [4.69, 9.17) is 16.2 Å². The van der Waals surface area contributed by atoms with Crippen LogP contribution in [0.5, 0.6) is 0 Å². The molecule has 2 aromatic rings. The standard InChI is InChI=1S/C21H25F3N6O/c1-29-18(25)13-8-9-15(27-19(13)28-20(29)26)17-14(21(22,23)24)6-3-7-16(17)30-10-4-5-12(30)11-31-2/h3,6-9,12,18H,4-5,10-11,25H2,1-2H3,(H2,26,27,28). The molecule has 0 bridgehead atoms. The van der Waals surface area contributed by atoms with Crippen molar-refractivity contribution in [1.29, 1.82) is 0 Å². The van der Waals surface area contributed by atoms with Gasteiger partial charge in [-0.1, -0.05) is 6.07 Å². The number of benzene rings is 1. The molecule has 2 unspecified atom stereocenters. The van der Waals surface area contributed by atoms with Crippen LogP contribution in [0.25, 0.3) is 11.3 Å². The van der Waals surface area contributed by atoms with Crippen molar-refractivity contribution in [3.8, 4) is 11.3 Å². The third-order valence-electron chi connectivity index (χ3n) is 5.87. The molecule has 2 aliphatic rings. The normalized spacial score (nSPS) is 21.3. The Kier molecular flexibility index (Phi) is 5.52. The van der Waals surface area contributed by atoms with Crippen LogP contribution in [0, 0.1) is 0 Å². The summed E-state index contributed by atoms with van der Waals surface area (Å²) in [4.78, 5) is 12.3. The van der Waals surface area contributed by atoms with Crippen molar-refractivity contribution in [3.05, 3.63) is 41.5 Å². The molecule has 2 atom stereocenters. The Hall–Kier alpha value is -2.85. The number of guanidine groups is 1. The summed E-state index contributed by atoms with van der Waals surface area (Å²) in [5, 5.41) is 0. The van der Waals surface area contributed by atoms with Gasteiger partial charge in [-0.2, -0.15) is 18.2 Å². The van der Waals surface area contributed by atoms with Crippen molar-refractivity contribution in [3.63, 3.8) is 0 Å². The summed E-state index contributed by atoms with van der Waals surface area (Å²) in [5.74, 6) is 0.395. The molecular formula is C21H25F3N6O. The molecule has 0 saturated carbocycles. The van der Waals surface area contributed by atoms with Crippen molar-refractivity contribution >= 4 is 17.5 Å². The minimum atomic E-state index is -4.54. The SMILES string of the molecule is COCC1CCCN1c1cccc(C(F)(F)F)c1-c1ccc2c(n1)N=C(N)N(C)C2N. The fraction of sp³-hybridized carbons (Fsp3) is 0.429. The zero-order chi connectivity index (χ0) is 22.3. The van der Waals surface area contributed by atoms with Crippen molar-refractivity contribution < 1.29 is 17.9 Å². The fourth-order valence-corrected chi connectivity index (χ4v) is 4.26. The highest BCUT2D eigenvalue weighted by Crippen LogP contribution is 2.44. The number of ether oxygens (including phenoxy) is 1. The van der Waals surface area contributed by atoms with Crippen LogP contribution in [0.15, 0.2) is 35.3 Å². The van der Waals surface area contributed by atoms with Crippen LogP contribution in [0.1, 0.15) is 30.1 Å². The average Bonchev–Trinajstić information content (AvgIpc) is 3.19. The van der Waals surface area contributed by atoms with E-state index in [-0.39, 0.29) is 29.1 Å². The van der Waals surface area contributed by atoms with Gasteiger partial charge in [-0.25, -0.2) is 4.98 Å². The number of pyridine rings is 1. The second-order valence-electron chi connectivity index (χ2n) is 7.78. The summed E-state index contributed by atoms with van der Waals surface area (Å²) in [6, 6.07) is 7.46. The number of nitrogens with two attached hydrogens (primary N) is 2. The minimum Gasteiger partial charge on any atom is -0.383 e. The molecule has 1 fully saturated rings. The molecule has 3 heterocycles. The summed E-state index contributed by atoms with van der Waals surface area (Å²) in [5.41, 5.74) is 12.6. The first-order valence-electron chi connectivity index (χ1n) is 10.0. The predicted molar refractivity (Wildman–Crippen MR) is 113 cm³/mol. The van der Waals surface area contributed by atoms with E-state index in [2.05, 4.69) is 9.98 Å². The molecule has 2 aliphatic heterocycles. The first-order chi connectivity index (χ1) is 14.7. The van der Waals surface area contributed by atoms with Crippen LogP contribution in [0.3, 0.4) is 0 Å². The van der Waals surface area contributed by atoms with Gasteiger partial charge in [0.1, 0.15) is 6.17 Å². The molecule has 0 radical (unpaired) electrons. The topological polar surface area (TPSA) is 93.0 Å². The second-order valence-corrected chi connectivity index (χ2v) is 7.78. The van der Waals surface area contributed by atoms with E-state index >= 15 is 0 Å². The highest BCUT2D eigenvalue weighted by atomic mass is 19.4. The maximum absolute atomic E-state index is 14.0. The Morgan fingerprint density at radius 1 is 1.23 bits per heavy atom. The number of nitrogens with zero attached hydrogens (tertiary/aromatic N) is 4. The Morgan fingerprint density at radius 3 is 2.71 bits per heavy atom. The van der Waals surface area contributed by atoms with Gasteiger partial charge in [-0.3, -0.25) is 0 Å². The minimum absolute atomic E-state index is 0.000554. The maximum atomic E-state index is 14.0. The summed E-state index contributed by atoms with van der Waals surface area (Å²) in [6.07, 6.45) is -3.39. The zero-order valence-corrected chi connectivity index (χ0v) is 17.4. The van der Waals surface area contributed by atoms with Crippen LogP contribution in [0.2, 0.25) is 0 Å². The fourth-order valence-electron chi connectivity index (χ4n) is 4.26. The molecular weight excluding hydrogens is 409 g/mol. The molecule has 10 heteroatoms. The number of anilines is 1. The molecule has 4 N–H and O–H groups in total. The lowest BCUT2D eigenvalue weighted by Gasteiger charge is -2.31. The molecule has 1 saturated heterocycles. The van der Waals surface area contributed by atoms with Crippen molar-refractivity contribution in [2.75, 3.05) is 32.2 Å². The maximum Gasteiger partial charge on any atom is 0.417 e. The Bertz CT molecular complexity index is 1010. The van der Waals surface area contributed by atoms with Gasteiger partial charge in [-0.15, -0.1) is 0 Å². The molecule has 0 amide bonds. The van der Waals surface area contributed by atoms with Gasteiger partial charge in [0, 0.05) is 37.5 Å². The number of methoxy groups -OCH3 is 1. The summed E-state index contributed by atoms with van der Waals surface area (Å²) >= 11 is 0. The van der Waals surface area contributed by atoms with E-state index < -0.39 is 17.9 Å². The lowest BCUT2D eigenvalue weighted by Crippen LogP contribution is -2.43. The van der Waals surface area contributed by atoms with E-state index in [1.165, 1.54) is 6.07 Å². The Labute approximate surface area is 178 Å². The van der Waals surface area contributed by atoms with Gasteiger partial charge in [-0.05, 0) is 37.1 Å². The first kappa shape index (κ1) is 21.4. The van der Waals surface area contributed by atoms with E-state index in [9.17, 15) is 13.2 Å². The highest BCUT2D eigenvalue weighted by molar-refractivity contribution is 5.85. The first-order valence-corrected chi connectivity index (χ1v) is 10.0. The highest BCUT2D eigenvalue weighted by Gasteiger charge is 2.38. The van der Waals surface area contributed by atoms with Crippen LogP contribution in [0.4, 0.5) is 24.7 Å². The molecule has 31 heavy (non-hydrogen) atoms. The van der Waals surface area contributed by atoms with Crippen LogP contribution in [-0.2, 0) is 10.9 Å². The van der Waals surface area contributed by atoms with E-state index in [0.717, 1.165) is 18.9 Å². The van der Waals surface area contributed by atoms with Gasteiger partial charge in [0.05, 0.1) is 23.9 Å². The van der Waals surface area contributed by atoms with Gasteiger partial charge in [0.25, 0.3) is 0 Å². The number of halogens is 3. The number of aromatic nitrogens is 1. The number of fused-ring (bicyclic) bond motifs is 1. The molecule has 7 nitrogen and oxygen atoms in total. The van der Waals surface area contributed by atoms with Gasteiger partial charge < -0.3 is 26.0 Å². The summed E-state index contributed by atoms with van der Waals surface area (Å²) < 4.78 is 47.3. The summed E-state index contributed by atoms with van der Waals surface area (Å²) in [6.45, 7) is 1.09. The van der Waals surface area contributed by atoms with Crippen molar-refractivity contribution in [2.45, 2.75) is 31.2 Å². The Morgan fingerprint density at radius 2 is 2.00 bits per heavy atom.